The summed E-state index contributed by atoms with van der Waals surface area (Å²) in [6.07, 6.45) is 1.20. The van der Waals surface area contributed by atoms with Crippen molar-refractivity contribution >= 4 is 79.5 Å². The fraction of sp³-hybridized carbons (Fsp3) is 0.265. The van der Waals surface area contributed by atoms with Crippen LogP contribution in [0.4, 0.5) is 5.69 Å². The molecule has 0 radical (unpaired) electrons. The maximum absolute atomic E-state index is 13.3. The number of unbranched alkanes of at least 4 members (excludes halogenated alkanes) is 2. The minimum atomic E-state index is -5.42. The number of ether oxygens (including phenoxy) is 1. The van der Waals surface area contributed by atoms with E-state index in [9.17, 15) is 55.0 Å². The fourth-order valence-electron chi connectivity index (χ4n) is 6.11. The summed E-state index contributed by atoms with van der Waals surface area (Å²) in [5, 5.41) is 20.5. The third kappa shape index (κ3) is 8.50. The Morgan fingerprint density at radius 2 is 1.65 bits per heavy atom. The molecule has 2 heterocycles. The van der Waals surface area contributed by atoms with Gasteiger partial charge in [-0.1, -0.05) is 12.6 Å². The first-order chi connectivity index (χ1) is 25.7. The number of hydrogen-bond donors (Lipinski definition) is 5. The number of carbonyl (C=O) groups excluding carboxylic acids is 3. The summed E-state index contributed by atoms with van der Waals surface area (Å²) in [4.78, 5) is 60.8. The van der Waals surface area contributed by atoms with Crippen LogP contribution in [-0.4, -0.2) is 101 Å². The van der Waals surface area contributed by atoms with Gasteiger partial charge in [0.15, 0.2) is 11.5 Å². The number of hydrogen-bond acceptors (Lipinski definition) is 15. The maximum Gasteiger partial charge on any atom is 0.336 e. The van der Waals surface area contributed by atoms with Crippen LogP contribution in [0.2, 0.25) is 0 Å². The summed E-state index contributed by atoms with van der Waals surface area (Å²) in [6, 6.07) is 6.91. The Balaban J connectivity index is 1.40. The lowest BCUT2D eigenvalue weighted by atomic mass is 9.88. The van der Waals surface area contributed by atoms with Crippen molar-refractivity contribution < 1.29 is 64.9 Å². The van der Waals surface area contributed by atoms with Gasteiger partial charge in [-0.05, 0) is 66.4 Å². The van der Waals surface area contributed by atoms with Crippen molar-refractivity contribution in [1.29, 1.82) is 0 Å². The van der Waals surface area contributed by atoms with E-state index < -0.39 is 87.8 Å². The first-order valence-corrected chi connectivity index (χ1v) is 20.1. The first kappa shape index (κ1) is 40.9. The predicted molar refractivity (Wildman–Crippen MR) is 192 cm³/mol. The number of nitrogens with two attached hydrogens (primary N) is 2. The molecular formula is C34H32N4O14S3-2. The van der Waals surface area contributed by atoms with Crippen molar-refractivity contribution in [1.82, 2.24) is 10.2 Å². The van der Waals surface area contributed by atoms with Crippen molar-refractivity contribution in [3.05, 3.63) is 75.2 Å². The number of thioether (sulfide) groups is 1. The van der Waals surface area contributed by atoms with Gasteiger partial charge in [0.1, 0.15) is 36.1 Å². The molecule has 0 bridgehead atoms. The molecule has 7 N–H and O–H groups in total. The Morgan fingerprint density at radius 1 is 0.964 bits per heavy atom. The number of imide groups is 1. The number of carboxylic acid groups (broad SMARTS) is 2. The van der Waals surface area contributed by atoms with Crippen LogP contribution < -0.4 is 32.0 Å². The van der Waals surface area contributed by atoms with Crippen LogP contribution in [0.15, 0.2) is 52.3 Å². The summed E-state index contributed by atoms with van der Waals surface area (Å²) >= 11 is 1.01. The number of aliphatic carboxylic acids is 1. The van der Waals surface area contributed by atoms with Gasteiger partial charge in [0, 0.05) is 47.2 Å². The summed E-state index contributed by atoms with van der Waals surface area (Å²) < 4.78 is 79.9. The van der Waals surface area contributed by atoms with Gasteiger partial charge in [-0.2, -0.15) is 0 Å². The van der Waals surface area contributed by atoms with E-state index >= 15 is 0 Å². The molecule has 3 amide bonds. The van der Waals surface area contributed by atoms with Gasteiger partial charge in [-0.25, -0.2) is 21.6 Å². The second kappa shape index (κ2) is 15.8. The molecule has 2 aliphatic rings. The number of benzene rings is 3. The number of carboxylic acids is 2. The number of nitrogens with zero attached hydrogens (tertiary/aromatic N) is 1. The molecule has 292 valence electrons. The molecule has 3 aromatic carbocycles. The van der Waals surface area contributed by atoms with Crippen molar-refractivity contribution in [3.8, 4) is 11.5 Å². The number of rotatable bonds is 15. The highest BCUT2D eigenvalue weighted by Gasteiger charge is 2.39. The summed E-state index contributed by atoms with van der Waals surface area (Å²) in [7, 11) is -10.8. The largest absolute Gasteiger partial charge is 0.744 e. The van der Waals surface area contributed by atoms with Crippen molar-refractivity contribution in [2.75, 3.05) is 24.6 Å². The molecular weight excluding hydrogens is 785 g/mol. The SMILES string of the molecule is C=c1ccc2c(c1S(=O)(=O)[O-])Oc1c(ccc(N)c1S(=O)(=O)[O-])C=2c1cc(C(=O)NCCCCCN2C(=O)CC(SC[C@H](N)C(=O)O)C2=O)ccc1C(=O)O. The molecule has 1 fully saturated rings. The van der Waals surface area contributed by atoms with Crippen molar-refractivity contribution in [2.45, 2.75) is 46.8 Å². The Hall–Kier alpha value is -5.32. The smallest absolute Gasteiger partial charge is 0.336 e. The zero-order chi connectivity index (χ0) is 40.6. The molecule has 55 heavy (non-hydrogen) atoms. The average molecular weight is 817 g/mol. The molecule has 2 atom stereocenters. The zero-order valence-electron chi connectivity index (χ0n) is 28.5. The van der Waals surface area contributed by atoms with E-state index in [1.807, 2.05) is 0 Å². The fourth-order valence-corrected chi connectivity index (χ4v) is 8.73. The van der Waals surface area contributed by atoms with Gasteiger partial charge in [0.05, 0.1) is 16.5 Å². The predicted octanol–water partition coefficient (Wildman–Crippen LogP) is -0.289. The zero-order valence-corrected chi connectivity index (χ0v) is 30.9. The lowest BCUT2D eigenvalue weighted by molar-refractivity contribution is -0.139. The Morgan fingerprint density at radius 3 is 2.29 bits per heavy atom. The normalized spacial score (nSPS) is 15.9. The van der Waals surface area contributed by atoms with E-state index in [0.717, 1.165) is 40.9 Å². The van der Waals surface area contributed by atoms with Crippen molar-refractivity contribution in [3.63, 3.8) is 0 Å². The van der Waals surface area contributed by atoms with E-state index in [-0.39, 0.29) is 63.9 Å². The quantitative estimate of drug-likeness (QED) is 0.0445. The molecule has 21 heteroatoms. The van der Waals surface area contributed by atoms with E-state index in [0.29, 0.717) is 19.3 Å². The third-order valence-corrected chi connectivity index (χ3v) is 11.9. The topological polar surface area (TPSA) is 317 Å². The van der Waals surface area contributed by atoms with Crippen LogP contribution in [0.25, 0.3) is 12.2 Å². The summed E-state index contributed by atoms with van der Waals surface area (Å²) in [5.74, 6) is -5.76. The Kier molecular flexibility index (Phi) is 11.7. The minimum Gasteiger partial charge on any atom is -0.744 e. The highest BCUT2D eigenvalue weighted by Crippen LogP contribution is 2.44. The minimum absolute atomic E-state index is 0.0344. The van der Waals surface area contributed by atoms with Gasteiger partial charge in [-0.15, -0.1) is 11.8 Å². The van der Waals surface area contributed by atoms with E-state index in [1.54, 1.807) is 0 Å². The van der Waals surface area contributed by atoms with Crippen LogP contribution in [0.1, 0.15) is 57.5 Å². The van der Waals surface area contributed by atoms with Gasteiger partial charge in [-0.3, -0.25) is 24.1 Å². The number of amides is 3. The highest BCUT2D eigenvalue weighted by atomic mass is 32.2. The second-order valence-corrected chi connectivity index (χ2v) is 16.3. The van der Waals surface area contributed by atoms with Crippen LogP contribution in [0, 0.1) is 0 Å². The molecule has 3 aromatic rings. The number of nitrogens with one attached hydrogen (secondary N) is 1. The average Bonchev–Trinajstić information content (AvgIpc) is 3.36. The molecule has 0 saturated carbocycles. The number of likely N-dealkylation sites (tertiary alicyclic amines) is 1. The van der Waals surface area contributed by atoms with E-state index in [4.69, 9.17) is 21.3 Å². The number of nitrogen functional groups attached to an aromatic ring is 1. The van der Waals surface area contributed by atoms with Crippen molar-refractivity contribution in [2.24, 2.45) is 5.73 Å². The maximum atomic E-state index is 13.3. The molecule has 18 nitrogen and oxygen atoms in total. The Labute approximate surface area is 317 Å². The van der Waals surface area contributed by atoms with Crippen LogP contribution >= 0.6 is 11.8 Å². The van der Waals surface area contributed by atoms with Crippen LogP contribution in [0.3, 0.4) is 0 Å². The standard InChI is InChI=1S/C34H34N4O14S3/c1-16-5-7-19-26(20-9-10-22(35)30(55(49,50)51)28(20)52-27(19)29(16)54(46,47)48)21-13-17(6-8-18(21)33(42)43)31(40)37-11-3-2-4-12-38-25(39)14-24(32(38)41)53-15-23(36)34(44)45/h5-10,13,23-24H,1-4,11-12,14-15,35-36H2,(H,37,40)(H,42,43)(H,44,45)(H,46,47,48)(H,49,50,51)/p-2/t23-,24?/m0/s1. The number of fused-ring (bicyclic) bond motifs is 2. The molecule has 5 rings (SSSR count). The van der Waals surface area contributed by atoms with Crippen LogP contribution in [-0.2, 0) is 34.6 Å². The van der Waals surface area contributed by atoms with Gasteiger partial charge < -0.3 is 40.8 Å². The van der Waals surface area contributed by atoms with Gasteiger partial charge >= 0.3 is 11.9 Å². The molecule has 2 aliphatic heterocycles. The van der Waals surface area contributed by atoms with Crippen LogP contribution in [0.5, 0.6) is 11.5 Å². The van der Waals surface area contributed by atoms with Gasteiger partial charge in [0.2, 0.25) is 11.8 Å². The van der Waals surface area contributed by atoms with Gasteiger partial charge in [0.25, 0.3) is 5.91 Å². The highest BCUT2D eigenvalue weighted by molar-refractivity contribution is 8.00. The number of anilines is 1. The molecule has 0 spiro atoms. The Bertz CT molecular complexity index is 2490. The molecule has 0 aromatic heterocycles. The van der Waals surface area contributed by atoms with E-state index in [1.165, 1.54) is 18.2 Å². The lowest BCUT2D eigenvalue weighted by Gasteiger charge is -2.27. The first-order valence-electron chi connectivity index (χ1n) is 16.2. The lowest BCUT2D eigenvalue weighted by Crippen LogP contribution is -2.35. The molecule has 1 unspecified atom stereocenters. The second-order valence-electron chi connectivity index (χ2n) is 12.4. The number of aromatic carboxylic acids is 1. The molecule has 1 saturated heterocycles. The van der Waals surface area contributed by atoms with E-state index in [2.05, 4.69) is 11.9 Å². The third-order valence-electron chi connectivity index (χ3n) is 8.70. The number of carbonyl (C=O) groups is 5. The monoisotopic (exact) mass is 816 g/mol. The molecule has 0 aliphatic carbocycles. The summed E-state index contributed by atoms with van der Waals surface area (Å²) in [6.45, 7) is 3.77. The summed E-state index contributed by atoms with van der Waals surface area (Å²) in [5.41, 5.74) is 9.55.